The Labute approximate surface area is 180 Å². The third-order valence-corrected chi connectivity index (χ3v) is 5.79. The molecule has 0 unspecified atom stereocenters. The highest BCUT2D eigenvalue weighted by molar-refractivity contribution is 5.81. The van der Waals surface area contributed by atoms with Crippen LogP contribution in [0.2, 0.25) is 0 Å². The average molecular weight is 393 g/mol. The van der Waals surface area contributed by atoms with Crippen LogP contribution in [0.1, 0.15) is 36.2 Å². The average Bonchev–Trinajstić information content (AvgIpc) is 2.82. The molecular formula is C28H28N2. The second-order valence-corrected chi connectivity index (χ2v) is 7.63. The number of nitrogens with zero attached hydrogens (tertiary/aromatic N) is 2. The maximum absolute atomic E-state index is 5.05. The molecule has 0 saturated heterocycles. The maximum Gasteiger partial charge on any atom is 0.0867 e. The summed E-state index contributed by atoms with van der Waals surface area (Å²) in [6, 6.07) is 14.9. The standard InChI is InChI=1S/C28H28N2/c1-4-12-22(5-2)24-15-7-8-16-25(24)27-18-10-17-26(29-27)21(3)30-20-11-14-23-13-6-9-19-28(23)30/h4-7,9-10,12-13,15,17-19H,1-3,8,11,14,16,20H2/b22-12+. The quantitative estimate of drug-likeness (QED) is 0.497. The van der Waals surface area contributed by atoms with Crippen LogP contribution in [0.4, 0.5) is 5.69 Å². The summed E-state index contributed by atoms with van der Waals surface area (Å²) in [6.07, 6.45) is 14.3. The maximum atomic E-state index is 5.05. The summed E-state index contributed by atoms with van der Waals surface area (Å²) in [5, 5.41) is 0. The predicted molar refractivity (Wildman–Crippen MR) is 129 cm³/mol. The summed E-state index contributed by atoms with van der Waals surface area (Å²) in [4.78, 5) is 7.36. The minimum Gasteiger partial charge on any atom is -0.340 e. The van der Waals surface area contributed by atoms with Crippen molar-refractivity contribution in [3.63, 3.8) is 0 Å². The molecule has 0 radical (unpaired) electrons. The van der Waals surface area contributed by atoms with Gasteiger partial charge in [0.25, 0.3) is 0 Å². The molecule has 0 spiro atoms. The minimum absolute atomic E-state index is 0.929. The van der Waals surface area contributed by atoms with Crippen molar-refractivity contribution in [3.8, 4) is 0 Å². The summed E-state index contributed by atoms with van der Waals surface area (Å²) >= 11 is 0. The first-order valence-electron chi connectivity index (χ1n) is 10.6. The van der Waals surface area contributed by atoms with Crippen molar-refractivity contribution >= 4 is 17.0 Å². The Hall–Kier alpha value is -3.39. The van der Waals surface area contributed by atoms with E-state index in [1.807, 2.05) is 18.2 Å². The summed E-state index contributed by atoms with van der Waals surface area (Å²) in [7, 11) is 0. The van der Waals surface area contributed by atoms with E-state index >= 15 is 0 Å². The molecule has 0 fully saturated rings. The van der Waals surface area contributed by atoms with Crippen LogP contribution in [0.15, 0.2) is 104 Å². The van der Waals surface area contributed by atoms with Gasteiger partial charge in [-0.25, -0.2) is 4.98 Å². The van der Waals surface area contributed by atoms with Crippen molar-refractivity contribution < 1.29 is 0 Å². The van der Waals surface area contributed by atoms with Gasteiger partial charge >= 0.3 is 0 Å². The van der Waals surface area contributed by atoms with Crippen LogP contribution in [0.5, 0.6) is 0 Å². The van der Waals surface area contributed by atoms with Gasteiger partial charge in [0.2, 0.25) is 0 Å². The molecule has 0 saturated carbocycles. The van der Waals surface area contributed by atoms with Crippen LogP contribution in [-0.2, 0) is 6.42 Å². The third-order valence-electron chi connectivity index (χ3n) is 5.79. The van der Waals surface area contributed by atoms with Gasteiger partial charge in [0, 0.05) is 12.2 Å². The van der Waals surface area contributed by atoms with Crippen molar-refractivity contribution in [3.05, 3.63) is 121 Å². The monoisotopic (exact) mass is 392 g/mol. The third kappa shape index (κ3) is 3.86. The lowest BCUT2D eigenvalue weighted by atomic mass is 9.89. The van der Waals surface area contributed by atoms with Crippen LogP contribution >= 0.6 is 0 Å². The minimum atomic E-state index is 0.929. The number of allylic oxidation sites excluding steroid dienone is 8. The van der Waals surface area contributed by atoms with Gasteiger partial charge in [-0.1, -0.05) is 74.4 Å². The van der Waals surface area contributed by atoms with E-state index in [1.54, 1.807) is 0 Å². The number of rotatable bonds is 6. The van der Waals surface area contributed by atoms with Crippen molar-refractivity contribution in [2.75, 3.05) is 11.4 Å². The molecule has 1 aromatic carbocycles. The number of aryl methyl sites for hydroxylation is 1. The smallest absolute Gasteiger partial charge is 0.0867 e. The van der Waals surface area contributed by atoms with E-state index in [-0.39, 0.29) is 0 Å². The van der Waals surface area contributed by atoms with Crippen molar-refractivity contribution in [1.29, 1.82) is 0 Å². The fourth-order valence-electron chi connectivity index (χ4n) is 4.31. The number of hydrogen-bond donors (Lipinski definition) is 0. The number of hydrogen-bond acceptors (Lipinski definition) is 2. The summed E-state index contributed by atoms with van der Waals surface area (Å²) in [5.74, 6) is 0. The van der Waals surface area contributed by atoms with Gasteiger partial charge in [-0.2, -0.15) is 0 Å². The number of para-hydroxylation sites is 1. The molecule has 150 valence electrons. The van der Waals surface area contributed by atoms with Crippen molar-refractivity contribution in [2.24, 2.45) is 0 Å². The zero-order chi connectivity index (χ0) is 20.9. The number of benzene rings is 1. The fourth-order valence-corrected chi connectivity index (χ4v) is 4.31. The van der Waals surface area contributed by atoms with Crippen LogP contribution in [0.3, 0.4) is 0 Å². The Balaban J connectivity index is 1.73. The molecule has 1 aromatic heterocycles. The predicted octanol–water partition coefficient (Wildman–Crippen LogP) is 6.91. The first kappa shape index (κ1) is 19.9. The normalized spacial score (nSPS) is 16.3. The highest BCUT2D eigenvalue weighted by atomic mass is 15.2. The van der Waals surface area contributed by atoms with E-state index < -0.39 is 0 Å². The lowest BCUT2D eigenvalue weighted by Crippen LogP contribution is -2.27. The highest BCUT2D eigenvalue weighted by Crippen LogP contribution is 2.35. The van der Waals surface area contributed by atoms with Gasteiger partial charge in [-0.3, -0.25) is 0 Å². The first-order valence-corrected chi connectivity index (χ1v) is 10.6. The largest absolute Gasteiger partial charge is 0.340 e. The molecule has 2 aliphatic rings. The first-order chi connectivity index (χ1) is 14.7. The Morgan fingerprint density at radius 2 is 1.90 bits per heavy atom. The number of fused-ring (bicyclic) bond motifs is 1. The Morgan fingerprint density at radius 3 is 2.73 bits per heavy atom. The van der Waals surface area contributed by atoms with Crippen molar-refractivity contribution in [1.82, 2.24) is 4.98 Å². The molecule has 30 heavy (non-hydrogen) atoms. The molecular weight excluding hydrogens is 364 g/mol. The molecule has 4 rings (SSSR count). The zero-order valence-corrected chi connectivity index (χ0v) is 17.5. The van der Waals surface area contributed by atoms with Crippen molar-refractivity contribution in [2.45, 2.75) is 25.7 Å². The molecule has 1 aliphatic carbocycles. The Bertz CT molecular complexity index is 1080. The lowest BCUT2D eigenvalue weighted by Gasteiger charge is -2.32. The van der Waals surface area contributed by atoms with E-state index in [0.717, 1.165) is 54.9 Å². The van der Waals surface area contributed by atoms with Crippen LogP contribution in [-0.4, -0.2) is 11.5 Å². The van der Waals surface area contributed by atoms with E-state index in [4.69, 9.17) is 4.98 Å². The second-order valence-electron chi connectivity index (χ2n) is 7.63. The van der Waals surface area contributed by atoms with Gasteiger partial charge in [-0.05, 0) is 66.2 Å². The van der Waals surface area contributed by atoms with E-state index in [1.165, 1.54) is 22.4 Å². The van der Waals surface area contributed by atoms with E-state index in [9.17, 15) is 0 Å². The van der Waals surface area contributed by atoms with Gasteiger partial charge in [-0.15, -0.1) is 0 Å². The van der Waals surface area contributed by atoms with Crippen LogP contribution in [0.25, 0.3) is 11.3 Å². The second kappa shape index (κ2) is 8.96. The van der Waals surface area contributed by atoms with Crippen LogP contribution in [0, 0.1) is 0 Å². The molecule has 2 aromatic rings. The molecule has 2 heterocycles. The van der Waals surface area contributed by atoms with Gasteiger partial charge in [0.15, 0.2) is 0 Å². The van der Waals surface area contributed by atoms with Gasteiger partial charge in [0.1, 0.15) is 0 Å². The number of aromatic nitrogens is 1. The summed E-state index contributed by atoms with van der Waals surface area (Å²) in [5.41, 5.74) is 9.04. The molecule has 0 amide bonds. The Morgan fingerprint density at radius 1 is 1.03 bits per heavy atom. The van der Waals surface area contributed by atoms with E-state index in [0.29, 0.717) is 0 Å². The number of anilines is 1. The zero-order valence-electron chi connectivity index (χ0n) is 17.5. The molecule has 2 nitrogen and oxygen atoms in total. The Kier molecular flexibility index (Phi) is 5.94. The lowest BCUT2D eigenvalue weighted by molar-refractivity contribution is 0.769. The summed E-state index contributed by atoms with van der Waals surface area (Å²) in [6.45, 7) is 13.2. The summed E-state index contributed by atoms with van der Waals surface area (Å²) < 4.78 is 0. The van der Waals surface area contributed by atoms with Gasteiger partial charge < -0.3 is 4.90 Å². The molecule has 0 N–H and O–H groups in total. The number of pyridine rings is 1. The highest BCUT2D eigenvalue weighted by Gasteiger charge is 2.21. The molecule has 2 heteroatoms. The topological polar surface area (TPSA) is 16.1 Å². The van der Waals surface area contributed by atoms with Gasteiger partial charge in [0.05, 0.1) is 17.1 Å². The molecule has 0 atom stereocenters. The van der Waals surface area contributed by atoms with E-state index in [2.05, 4.69) is 79.3 Å². The fraction of sp³-hybridized carbons (Fsp3) is 0.179. The SMILES string of the molecule is C=C/C=C(\C=C)C1=C(c2cccc(C(=C)N3CCCc4ccccc43)n2)CCC=C1. The molecule has 1 aliphatic heterocycles. The molecule has 0 bridgehead atoms. The van der Waals surface area contributed by atoms with Crippen LogP contribution < -0.4 is 4.90 Å².